The summed E-state index contributed by atoms with van der Waals surface area (Å²) in [5.41, 5.74) is 9.28. The average Bonchev–Trinajstić information content (AvgIpc) is 3.45. The van der Waals surface area contributed by atoms with Crippen LogP contribution in [0.5, 0.6) is 0 Å². The Morgan fingerprint density at radius 2 is 1.37 bits per heavy atom. The van der Waals surface area contributed by atoms with Crippen molar-refractivity contribution in [2.45, 2.75) is 54.0 Å². The minimum Gasteiger partial charge on any atom is -0.341 e. The number of aromatic nitrogens is 1. The number of carbonyl (C=O) groups excluding carboxylic acids is 2. The van der Waals surface area contributed by atoms with Gasteiger partial charge in [0, 0.05) is 51.5 Å². The molecule has 0 radical (unpaired) electrons. The van der Waals surface area contributed by atoms with Gasteiger partial charge in [0.05, 0.1) is 0 Å². The maximum atomic E-state index is 13.7. The smallest absolute Gasteiger partial charge is 0.193 e. The maximum Gasteiger partial charge on any atom is 0.193 e. The zero-order valence-corrected chi connectivity index (χ0v) is 21.7. The molecule has 0 saturated carbocycles. The fraction of sp³-hybridized carbons (Fsp3) is 0.257. The number of nitrogens with zero attached hydrogens (tertiary/aromatic N) is 1. The molecule has 1 aliphatic rings. The Labute approximate surface area is 225 Å². The van der Waals surface area contributed by atoms with Crippen LogP contribution >= 0.6 is 0 Å². The molecule has 4 aromatic carbocycles. The Morgan fingerprint density at radius 1 is 0.763 bits per heavy atom. The average molecular weight is 502 g/mol. The van der Waals surface area contributed by atoms with Crippen molar-refractivity contribution in [2.24, 2.45) is 5.92 Å². The van der Waals surface area contributed by atoms with Gasteiger partial charge in [0.1, 0.15) is 0 Å². The largest absolute Gasteiger partial charge is 0.341 e. The van der Waals surface area contributed by atoms with Crippen LogP contribution in [0.2, 0.25) is 0 Å². The van der Waals surface area contributed by atoms with Crippen molar-refractivity contribution in [3.8, 4) is 11.1 Å². The van der Waals surface area contributed by atoms with E-state index in [1.54, 1.807) is 0 Å². The third kappa shape index (κ3) is 4.26. The molecule has 38 heavy (non-hydrogen) atoms. The van der Waals surface area contributed by atoms with Crippen LogP contribution in [-0.2, 0) is 13.0 Å². The van der Waals surface area contributed by atoms with Gasteiger partial charge in [-0.1, -0.05) is 57.7 Å². The van der Waals surface area contributed by atoms with Crippen LogP contribution in [0, 0.1) is 5.92 Å². The fourth-order valence-electron chi connectivity index (χ4n) is 5.76. The summed E-state index contributed by atoms with van der Waals surface area (Å²) in [6.07, 6.45) is 2.36. The highest BCUT2D eigenvalue weighted by molar-refractivity contribution is 6.16. The van der Waals surface area contributed by atoms with Crippen LogP contribution in [0.1, 0.15) is 78.4 Å². The zero-order valence-electron chi connectivity index (χ0n) is 21.7. The van der Waals surface area contributed by atoms with Gasteiger partial charge in [-0.15, -0.1) is 0 Å². The number of hydrogen-bond acceptors (Lipinski definition) is 2. The normalized spacial score (nSPS) is 12.0. The first-order valence-electron chi connectivity index (χ1n) is 13.3. The number of benzene rings is 4. The van der Waals surface area contributed by atoms with E-state index in [2.05, 4.69) is 73.9 Å². The topological polar surface area (TPSA) is 39.1 Å². The van der Waals surface area contributed by atoms with Crippen LogP contribution < -0.4 is 0 Å². The number of ketones is 2. The van der Waals surface area contributed by atoms with Gasteiger partial charge in [-0.3, -0.25) is 9.59 Å². The third-order valence-corrected chi connectivity index (χ3v) is 7.77. The predicted molar refractivity (Wildman–Crippen MR) is 158 cm³/mol. The summed E-state index contributed by atoms with van der Waals surface area (Å²) in [5.74, 6) is 0.699. The standard InChI is InChI=1S/C34H31NO2.CH4/c1-4-35-31-14-12-24(33(36)16-9-21(2)3)18-29(31)30-20-26(13-15-32(30)35)34(37)25-11-10-23-17-22-7-5-6-8-27(22)28(23)19-25;/h5-8,10-15,18-21H,4,9,16-17H2,1-3H3;1H4. The van der Waals surface area contributed by atoms with Gasteiger partial charge in [0.15, 0.2) is 11.6 Å². The summed E-state index contributed by atoms with van der Waals surface area (Å²) in [6.45, 7) is 7.23. The first-order valence-corrected chi connectivity index (χ1v) is 13.3. The molecule has 6 rings (SSSR count). The molecule has 0 fully saturated rings. The molecule has 0 unspecified atom stereocenters. The van der Waals surface area contributed by atoms with Crippen LogP contribution in [-0.4, -0.2) is 16.1 Å². The second kappa shape index (κ2) is 10.1. The molecular weight excluding hydrogens is 466 g/mol. The Kier molecular flexibility index (Phi) is 6.79. The van der Waals surface area contributed by atoms with E-state index in [1.807, 2.05) is 30.3 Å². The van der Waals surface area contributed by atoms with Crippen molar-refractivity contribution in [1.82, 2.24) is 4.57 Å². The maximum absolute atomic E-state index is 13.7. The molecule has 0 aliphatic heterocycles. The summed E-state index contributed by atoms with van der Waals surface area (Å²) >= 11 is 0. The van der Waals surface area contributed by atoms with Gasteiger partial charge >= 0.3 is 0 Å². The highest BCUT2D eigenvalue weighted by Crippen LogP contribution is 2.37. The van der Waals surface area contributed by atoms with Gasteiger partial charge in [-0.05, 0) is 90.4 Å². The first kappa shape index (κ1) is 25.7. The van der Waals surface area contributed by atoms with Gasteiger partial charge in [-0.2, -0.15) is 0 Å². The number of rotatable bonds is 7. The van der Waals surface area contributed by atoms with E-state index in [1.165, 1.54) is 16.7 Å². The molecule has 0 bridgehead atoms. The quantitative estimate of drug-likeness (QED) is 0.205. The van der Waals surface area contributed by atoms with E-state index in [9.17, 15) is 9.59 Å². The Morgan fingerprint density at radius 3 is 2.08 bits per heavy atom. The van der Waals surface area contributed by atoms with Crippen molar-refractivity contribution < 1.29 is 9.59 Å². The number of fused-ring (bicyclic) bond motifs is 6. The molecule has 0 spiro atoms. The van der Waals surface area contributed by atoms with Crippen LogP contribution in [0.3, 0.4) is 0 Å². The lowest BCUT2D eigenvalue weighted by molar-refractivity contribution is 0.0974. The third-order valence-electron chi connectivity index (χ3n) is 7.77. The number of Topliss-reactive ketones (excluding diaryl/α,β-unsaturated/α-hetero) is 1. The van der Waals surface area contributed by atoms with Crippen LogP contribution in [0.15, 0.2) is 78.9 Å². The molecule has 1 aliphatic carbocycles. The lowest BCUT2D eigenvalue weighted by atomic mass is 9.96. The second-order valence-corrected chi connectivity index (χ2v) is 10.6. The minimum absolute atomic E-state index is 0. The summed E-state index contributed by atoms with van der Waals surface area (Å²) < 4.78 is 2.26. The van der Waals surface area contributed by atoms with Gasteiger partial charge in [0.25, 0.3) is 0 Å². The SMILES string of the molecule is C.CCn1c2ccc(C(=O)CCC(C)C)cc2c2cc(C(=O)c3ccc4c(c3)-c3ccccc3C4)ccc21. The molecule has 0 saturated heterocycles. The second-order valence-electron chi connectivity index (χ2n) is 10.6. The molecular formula is C35H35NO2. The van der Waals surface area contributed by atoms with Crippen molar-refractivity contribution in [2.75, 3.05) is 0 Å². The van der Waals surface area contributed by atoms with Crippen molar-refractivity contribution in [3.63, 3.8) is 0 Å². The molecule has 1 heterocycles. The van der Waals surface area contributed by atoms with Gasteiger partial charge in [-0.25, -0.2) is 0 Å². The zero-order chi connectivity index (χ0) is 25.7. The molecule has 0 atom stereocenters. The van der Waals surface area contributed by atoms with E-state index in [0.717, 1.165) is 52.3 Å². The van der Waals surface area contributed by atoms with Crippen LogP contribution in [0.4, 0.5) is 0 Å². The van der Waals surface area contributed by atoms with Gasteiger partial charge < -0.3 is 4.57 Å². The monoisotopic (exact) mass is 501 g/mol. The predicted octanol–water partition coefficient (Wildman–Crippen LogP) is 8.87. The highest BCUT2D eigenvalue weighted by Gasteiger charge is 2.21. The van der Waals surface area contributed by atoms with E-state index in [4.69, 9.17) is 0 Å². The Bertz CT molecular complexity index is 1700. The number of carbonyl (C=O) groups is 2. The first-order chi connectivity index (χ1) is 17.9. The molecule has 3 heteroatoms. The number of hydrogen-bond donors (Lipinski definition) is 0. The lowest BCUT2D eigenvalue weighted by Gasteiger charge is -2.07. The van der Waals surface area contributed by atoms with Gasteiger partial charge in [0.2, 0.25) is 0 Å². The van der Waals surface area contributed by atoms with Crippen molar-refractivity contribution >= 4 is 33.4 Å². The molecule has 192 valence electrons. The van der Waals surface area contributed by atoms with E-state index < -0.39 is 0 Å². The Balaban J connectivity index is 0.00000294. The van der Waals surface area contributed by atoms with E-state index in [-0.39, 0.29) is 19.0 Å². The summed E-state index contributed by atoms with van der Waals surface area (Å²) in [7, 11) is 0. The van der Waals surface area contributed by atoms with Crippen LogP contribution in [0.25, 0.3) is 32.9 Å². The molecule has 0 N–H and O–H groups in total. The highest BCUT2D eigenvalue weighted by atomic mass is 16.1. The summed E-state index contributed by atoms with van der Waals surface area (Å²) in [5, 5.41) is 2.05. The summed E-state index contributed by atoms with van der Waals surface area (Å²) in [4.78, 5) is 26.6. The molecule has 1 aromatic heterocycles. The summed E-state index contributed by atoms with van der Waals surface area (Å²) in [6, 6.07) is 26.6. The minimum atomic E-state index is 0. The van der Waals surface area contributed by atoms with E-state index in [0.29, 0.717) is 23.5 Å². The Hall–Kier alpha value is -3.98. The van der Waals surface area contributed by atoms with E-state index >= 15 is 0 Å². The van der Waals surface area contributed by atoms with Crippen molar-refractivity contribution in [3.05, 3.63) is 107 Å². The number of aryl methyl sites for hydroxylation is 1. The fourth-order valence-corrected chi connectivity index (χ4v) is 5.76. The lowest BCUT2D eigenvalue weighted by Crippen LogP contribution is -2.02. The van der Waals surface area contributed by atoms with Crippen molar-refractivity contribution in [1.29, 1.82) is 0 Å². The molecule has 3 nitrogen and oxygen atoms in total. The molecule has 0 amide bonds. The molecule has 5 aromatic rings.